The number of hydrogen-bond donors (Lipinski definition) is 1. The molecule has 0 aliphatic rings. The van der Waals surface area contributed by atoms with Crippen molar-refractivity contribution < 1.29 is 14.6 Å². The summed E-state index contributed by atoms with van der Waals surface area (Å²) in [6.07, 6.45) is 1.53. The number of benzene rings is 2. The number of hydrogen-bond acceptors (Lipinski definition) is 3. The van der Waals surface area contributed by atoms with Crippen molar-refractivity contribution in [3.63, 3.8) is 0 Å². The molecule has 0 spiro atoms. The van der Waals surface area contributed by atoms with Crippen LogP contribution >= 0.6 is 0 Å². The molecule has 0 saturated carbocycles. The number of carbonyl (C=O) groups is 1. The van der Waals surface area contributed by atoms with E-state index in [-0.39, 0.29) is 5.69 Å². The Morgan fingerprint density at radius 2 is 1.92 bits per heavy atom. The van der Waals surface area contributed by atoms with Crippen molar-refractivity contribution in [3.05, 3.63) is 65.5 Å². The first kappa shape index (κ1) is 15.8. The van der Waals surface area contributed by atoms with Gasteiger partial charge in [0.05, 0.1) is 12.8 Å². The number of imidazole rings is 1. The molecular formula is C19H18N2O3. The Kier molecular flexibility index (Phi) is 4.08. The van der Waals surface area contributed by atoms with Gasteiger partial charge in [-0.25, -0.2) is 9.78 Å². The fraction of sp³-hybridized carbons (Fsp3) is 0.158. The standard InChI is InChI=1S/C19H18N2O3/c1-12-8-9-17(24-3)16(10-12)21-11-15(19(22)23)20-18(21)14-7-5-4-6-13(14)2/h4-11H,1-3H3,(H,22,23). The summed E-state index contributed by atoms with van der Waals surface area (Å²) in [5, 5.41) is 9.36. The van der Waals surface area contributed by atoms with Crippen LogP contribution in [0.5, 0.6) is 5.75 Å². The summed E-state index contributed by atoms with van der Waals surface area (Å²) >= 11 is 0. The Hall–Kier alpha value is -3.08. The topological polar surface area (TPSA) is 64.3 Å². The van der Waals surface area contributed by atoms with Crippen molar-refractivity contribution in [1.82, 2.24) is 9.55 Å². The molecule has 1 N–H and O–H groups in total. The number of methoxy groups -OCH3 is 1. The van der Waals surface area contributed by atoms with Crippen LogP contribution in [0.25, 0.3) is 17.1 Å². The molecule has 0 radical (unpaired) electrons. The lowest BCUT2D eigenvalue weighted by Gasteiger charge is -2.14. The van der Waals surface area contributed by atoms with Crippen molar-refractivity contribution in [2.45, 2.75) is 13.8 Å². The van der Waals surface area contributed by atoms with Crippen LogP contribution in [0.2, 0.25) is 0 Å². The average Bonchev–Trinajstić information content (AvgIpc) is 3.00. The van der Waals surface area contributed by atoms with Gasteiger partial charge in [0.25, 0.3) is 0 Å². The molecule has 0 unspecified atom stereocenters. The van der Waals surface area contributed by atoms with E-state index in [1.165, 1.54) is 6.20 Å². The largest absolute Gasteiger partial charge is 0.495 e. The van der Waals surface area contributed by atoms with Gasteiger partial charge in [-0.3, -0.25) is 4.57 Å². The van der Waals surface area contributed by atoms with E-state index in [0.717, 1.165) is 22.4 Å². The Morgan fingerprint density at radius 3 is 2.58 bits per heavy atom. The molecule has 0 saturated heterocycles. The minimum absolute atomic E-state index is 0.00295. The smallest absolute Gasteiger partial charge is 0.356 e. The number of carboxylic acid groups (broad SMARTS) is 1. The number of aromatic carboxylic acids is 1. The molecule has 0 aliphatic carbocycles. The summed E-state index contributed by atoms with van der Waals surface area (Å²) in [5.41, 5.74) is 3.71. The molecule has 0 amide bonds. The van der Waals surface area contributed by atoms with Gasteiger partial charge in [0.15, 0.2) is 5.69 Å². The molecule has 0 atom stereocenters. The first-order valence-corrected chi connectivity index (χ1v) is 7.55. The van der Waals surface area contributed by atoms with Gasteiger partial charge in [-0.15, -0.1) is 0 Å². The lowest BCUT2D eigenvalue weighted by molar-refractivity contribution is 0.0691. The predicted molar refractivity (Wildman–Crippen MR) is 92.0 cm³/mol. The average molecular weight is 322 g/mol. The molecular weight excluding hydrogens is 304 g/mol. The maximum absolute atomic E-state index is 11.4. The zero-order valence-corrected chi connectivity index (χ0v) is 13.8. The lowest BCUT2D eigenvalue weighted by atomic mass is 10.1. The Morgan fingerprint density at radius 1 is 1.17 bits per heavy atom. The highest BCUT2D eigenvalue weighted by atomic mass is 16.5. The van der Waals surface area contributed by atoms with Gasteiger partial charge >= 0.3 is 5.97 Å². The molecule has 2 aromatic carbocycles. The second kappa shape index (κ2) is 6.20. The van der Waals surface area contributed by atoms with E-state index in [9.17, 15) is 9.90 Å². The summed E-state index contributed by atoms with van der Waals surface area (Å²) < 4.78 is 7.22. The Labute approximate surface area is 140 Å². The predicted octanol–water partition coefficient (Wildman–Crippen LogP) is 3.86. The highest BCUT2D eigenvalue weighted by Gasteiger charge is 2.19. The molecule has 3 rings (SSSR count). The summed E-state index contributed by atoms with van der Waals surface area (Å²) in [4.78, 5) is 15.8. The minimum atomic E-state index is -1.06. The summed E-state index contributed by atoms with van der Waals surface area (Å²) in [6, 6.07) is 13.5. The van der Waals surface area contributed by atoms with Gasteiger partial charge in [0.2, 0.25) is 0 Å². The van der Waals surface area contributed by atoms with E-state index < -0.39 is 5.97 Å². The van der Waals surface area contributed by atoms with Gasteiger partial charge in [-0.05, 0) is 37.1 Å². The van der Waals surface area contributed by atoms with E-state index in [0.29, 0.717) is 11.6 Å². The van der Waals surface area contributed by atoms with E-state index in [2.05, 4.69) is 4.98 Å². The van der Waals surface area contributed by atoms with Gasteiger partial charge in [-0.2, -0.15) is 0 Å². The van der Waals surface area contributed by atoms with Crippen molar-refractivity contribution in [1.29, 1.82) is 0 Å². The molecule has 0 bridgehead atoms. The van der Waals surface area contributed by atoms with E-state index >= 15 is 0 Å². The van der Waals surface area contributed by atoms with Gasteiger partial charge < -0.3 is 9.84 Å². The number of rotatable bonds is 4. The molecule has 5 nitrogen and oxygen atoms in total. The van der Waals surface area contributed by atoms with Crippen LogP contribution in [0.4, 0.5) is 0 Å². The highest BCUT2D eigenvalue weighted by molar-refractivity contribution is 5.86. The zero-order chi connectivity index (χ0) is 17.3. The number of aromatic nitrogens is 2. The van der Waals surface area contributed by atoms with Crippen LogP contribution < -0.4 is 4.74 Å². The van der Waals surface area contributed by atoms with Crippen molar-refractivity contribution >= 4 is 5.97 Å². The monoisotopic (exact) mass is 322 g/mol. The fourth-order valence-electron chi connectivity index (χ4n) is 2.67. The zero-order valence-electron chi connectivity index (χ0n) is 13.8. The summed E-state index contributed by atoms with van der Waals surface area (Å²) in [7, 11) is 1.59. The second-order valence-electron chi connectivity index (χ2n) is 5.62. The van der Waals surface area contributed by atoms with Crippen molar-refractivity contribution in [3.8, 4) is 22.8 Å². The first-order chi connectivity index (χ1) is 11.5. The number of carboxylic acids is 1. The summed E-state index contributed by atoms with van der Waals surface area (Å²) in [6.45, 7) is 3.95. The third-order valence-corrected chi connectivity index (χ3v) is 3.90. The normalized spacial score (nSPS) is 10.6. The Balaban J connectivity index is 2.30. The van der Waals surface area contributed by atoms with Crippen LogP contribution in [0.15, 0.2) is 48.7 Å². The number of aryl methyl sites for hydroxylation is 2. The maximum Gasteiger partial charge on any atom is 0.356 e. The molecule has 122 valence electrons. The van der Waals surface area contributed by atoms with Gasteiger partial charge in [0.1, 0.15) is 11.6 Å². The SMILES string of the molecule is COc1ccc(C)cc1-n1cc(C(=O)O)nc1-c1ccccc1C. The molecule has 0 fully saturated rings. The van der Waals surface area contributed by atoms with E-state index in [4.69, 9.17) is 4.74 Å². The lowest BCUT2D eigenvalue weighted by Crippen LogP contribution is -2.01. The number of ether oxygens (including phenoxy) is 1. The van der Waals surface area contributed by atoms with Gasteiger partial charge in [-0.1, -0.05) is 30.3 Å². The van der Waals surface area contributed by atoms with Crippen LogP contribution in [0.3, 0.4) is 0 Å². The minimum Gasteiger partial charge on any atom is -0.495 e. The molecule has 1 aromatic heterocycles. The molecule has 24 heavy (non-hydrogen) atoms. The van der Waals surface area contributed by atoms with Crippen LogP contribution in [0.1, 0.15) is 21.6 Å². The van der Waals surface area contributed by atoms with E-state index in [1.54, 1.807) is 11.7 Å². The highest BCUT2D eigenvalue weighted by Crippen LogP contribution is 2.31. The van der Waals surface area contributed by atoms with Crippen LogP contribution in [0, 0.1) is 13.8 Å². The summed E-state index contributed by atoms with van der Waals surface area (Å²) in [5.74, 6) is 0.175. The van der Waals surface area contributed by atoms with Crippen LogP contribution in [-0.4, -0.2) is 27.7 Å². The fourth-order valence-corrected chi connectivity index (χ4v) is 2.67. The first-order valence-electron chi connectivity index (χ1n) is 7.55. The molecule has 3 aromatic rings. The molecule has 0 aliphatic heterocycles. The van der Waals surface area contributed by atoms with Gasteiger partial charge in [0, 0.05) is 11.8 Å². The molecule has 1 heterocycles. The third kappa shape index (κ3) is 2.76. The van der Waals surface area contributed by atoms with E-state index in [1.807, 2.05) is 56.3 Å². The third-order valence-electron chi connectivity index (χ3n) is 3.90. The second-order valence-corrected chi connectivity index (χ2v) is 5.62. The quantitative estimate of drug-likeness (QED) is 0.792. The van der Waals surface area contributed by atoms with Crippen molar-refractivity contribution in [2.24, 2.45) is 0 Å². The Bertz CT molecular complexity index is 913. The number of nitrogens with zero attached hydrogens (tertiary/aromatic N) is 2. The van der Waals surface area contributed by atoms with Crippen molar-refractivity contribution in [2.75, 3.05) is 7.11 Å². The van der Waals surface area contributed by atoms with Crippen LogP contribution in [-0.2, 0) is 0 Å². The molecule has 5 heteroatoms. The maximum atomic E-state index is 11.4.